The third-order valence-electron chi connectivity index (χ3n) is 4.35. The lowest BCUT2D eigenvalue weighted by Gasteiger charge is -2.27. The van der Waals surface area contributed by atoms with Gasteiger partial charge in [-0.25, -0.2) is 8.78 Å². The zero-order valence-electron chi connectivity index (χ0n) is 21.0. The average Bonchev–Trinajstić information content (AvgIpc) is 2.59. The minimum atomic E-state index is -3.07. The first-order chi connectivity index (χ1) is 13.4. The van der Waals surface area contributed by atoms with E-state index in [2.05, 4.69) is 63.3 Å². The maximum atomic E-state index is 13.2. The fraction of sp³-hybridized carbons (Fsp3) is 0.833. The zero-order valence-corrected chi connectivity index (χ0v) is 23.0. The summed E-state index contributed by atoms with van der Waals surface area (Å²) in [7, 11) is -3.04. The van der Waals surface area contributed by atoms with Crippen molar-refractivity contribution in [3.05, 3.63) is 0 Å². The third-order valence-corrected chi connectivity index (χ3v) is 6.14. The van der Waals surface area contributed by atoms with Gasteiger partial charge in [-0.05, 0) is 12.8 Å². The zero-order chi connectivity index (χ0) is 24.2. The number of unbranched alkanes of at least 4 members (excludes halogenated alkanes) is 2. The Bertz CT molecular complexity index is 543. The Balaban J connectivity index is 0. The average molecular weight is 461 g/mol. The second kappa shape index (κ2) is 13.7. The van der Waals surface area contributed by atoms with Gasteiger partial charge in [0, 0.05) is 11.8 Å². The van der Waals surface area contributed by atoms with E-state index in [1.807, 2.05) is 26.6 Å². The topological polar surface area (TPSA) is 40.5 Å². The molecule has 0 heterocycles. The highest BCUT2D eigenvalue weighted by Gasteiger charge is 2.36. The molecular weight excluding hydrogens is 414 g/mol. The quantitative estimate of drug-likeness (QED) is 0.321. The number of alkyl halides is 2. The summed E-state index contributed by atoms with van der Waals surface area (Å²) in [4.78, 5) is 0. The summed E-state index contributed by atoms with van der Waals surface area (Å²) in [5.74, 6) is 2.26. The van der Waals surface area contributed by atoms with E-state index in [0.717, 1.165) is 6.42 Å². The largest absolute Gasteiger partial charge is 0.380 e. The lowest BCUT2D eigenvalue weighted by atomic mass is 9.82. The molecule has 0 aliphatic rings. The van der Waals surface area contributed by atoms with Crippen LogP contribution in [-0.4, -0.2) is 44.5 Å². The summed E-state index contributed by atoms with van der Waals surface area (Å²) in [5, 5.41) is 19.3. The lowest BCUT2D eigenvalue weighted by Crippen LogP contribution is -2.32. The van der Waals surface area contributed by atoms with Gasteiger partial charge in [-0.1, -0.05) is 98.1 Å². The monoisotopic (exact) mass is 460 g/mol. The maximum absolute atomic E-state index is 13.2. The molecule has 0 aliphatic carbocycles. The number of aliphatic hydroxyl groups excluding tert-OH is 2. The smallest absolute Gasteiger partial charge is 0.284 e. The van der Waals surface area contributed by atoms with Crippen molar-refractivity contribution >= 4 is 16.1 Å². The normalized spacial score (nSPS) is 14.3. The van der Waals surface area contributed by atoms with Crippen molar-refractivity contribution in [2.75, 3.05) is 0 Å². The van der Waals surface area contributed by atoms with E-state index in [-0.39, 0.29) is 11.8 Å². The summed E-state index contributed by atoms with van der Waals surface area (Å²) in [5.41, 5.74) is 5.94. The number of hydrogen-bond donors (Lipinski definition) is 2. The van der Waals surface area contributed by atoms with Crippen molar-refractivity contribution in [2.24, 2.45) is 5.41 Å². The van der Waals surface area contributed by atoms with E-state index in [4.69, 9.17) is 0 Å². The first-order valence-corrected chi connectivity index (χ1v) is 18.2. The Kier molecular flexibility index (Phi) is 14.4. The molecule has 0 aromatic heterocycles. The molecule has 2 N–H and O–H groups in total. The van der Waals surface area contributed by atoms with Crippen molar-refractivity contribution in [1.29, 1.82) is 0 Å². The second-order valence-electron chi connectivity index (χ2n) is 10.8. The minimum Gasteiger partial charge on any atom is -0.380 e. The number of halogens is 2. The van der Waals surface area contributed by atoms with Gasteiger partial charge >= 0.3 is 0 Å². The van der Waals surface area contributed by atoms with E-state index in [1.54, 1.807) is 0 Å². The Morgan fingerprint density at radius 3 is 1.47 bits per heavy atom. The molecule has 0 saturated heterocycles. The van der Waals surface area contributed by atoms with Crippen LogP contribution in [0.3, 0.4) is 0 Å². The third kappa shape index (κ3) is 17.1. The molecule has 30 heavy (non-hydrogen) atoms. The number of rotatable bonds is 8. The number of aliphatic hydroxyl groups is 2. The molecule has 0 spiro atoms. The van der Waals surface area contributed by atoms with Crippen LogP contribution in [0.2, 0.25) is 39.3 Å². The van der Waals surface area contributed by atoms with Gasteiger partial charge in [0.2, 0.25) is 0 Å². The van der Waals surface area contributed by atoms with E-state index in [9.17, 15) is 19.0 Å². The molecule has 0 rings (SSSR count). The molecule has 0 aliphatic heterocycles. The molecule has 0 fully saturated rings. The molecule has 0 amide bonds. The molecule has 2 atom stereocenters. The Morgan fingerprint density at radius 2 is 1.10 bits per heavy atom. The van der Waals surface area contributed by atoms with Crippen LogP contribution in [0.5, 0.6) is 0 Å². The molecule has 0 saturated carbocycles. The van der Waals surface area contributed by atoms with Gasteiger partial charge < -0.3 is 10.2 Å². The van der Waals surface area contributed by atoms with Crippen molar-refractivity contribution in [1.82, 2.24) is 0 Å². The molecular formula is C24H46F2O2Si2. The van der Waals surface area contributed by atoms with Crippen molar-refractivity contribution < 1.29 is 19.0 Å². The first kappa shape index (κ1) is 31.5. The molecule has 2 nitrogen and oxygen atoms in total. The molecule has 0 radical (unpaired) electrons. The highest BCUT2D eigenvalue weighted by molar-refractivity contribution is 6.84. The van der Waals surface area contributed by atoms with E-state index in [1.165, 1.54) is 12.8 Å². The summed E-state index contributed by atoms with van der Waals surface area (Å²) in [6, 6.07) is 0. The van der Waals surface area contributed by atoms with Gasteiger partial charge in [0.15, 0.2) is 6.10 Å². The highest BCUT2D eigenvalue weighted by Crippen LogP contribution is 2.27. The Labute approximate surface area is 187 Å². The van der Waals surface area contributed by atoms with E-state index < -0.39 is 34.3 Å². The van der Waals surface area contributed by atoms with E-state index in [0.29, 0.717) is 12.8 Å². The maximum Gasteiger partial charge on any atom is 0.284 e. The Morgan fingerprint density at radius 1 is 0.733 bits per heavy atom. The van der Waals surface area contributed by atoms with Gasteiger partial charge in [0.05, 0.1) is 0 Å². The van der Waals surface area contributed by atoms with Gasteiger partial charge in [-0.3, -0.25) is 0 Å². The van der Waals surface area contributed by atoms with Crippen LogP contribution in [0.1, 0.15) is 66.2 Å². The van der Waals surface area contributed by atoms with Gasteiger partial charge in [0.25, 0.3) is 5.92 Å². The van der Waals surface area contributed by atoms with Crippen LogP contribution in [0.25, 0.3) is 0 Å². The van der Waals surface area contributed by atoms with E-state index >= 15 is 0 Å². The van der Waals surface area contributed by atoms with Crippen LogP contribution in [0.15, 0.2) is 0 Å². The second-order valence-corrected chi connectivity index (χ2v) is 20.3. The highest BCUT2D eigenvalue weighted by atomic mass is 28.3. The summed E-state index contributed by atoms with van der Waals surface area (Å²) < 4.78 is 26.5. The molecule has 0 unspecified atom stereocenters. The molecule has 176 valence electrons. The van der Waals surface area contributed by atoms with Crippen molar-refractivity contribution in [3.63, 3.8) is 0 Å². The molecule has 0 bridgehead atoms. The van der Waals surface area contributed by atoms with Gasteiger partial charge in [0.1, 0.15) is 22.3 Å². The Hall–Kier alpha value is -0.666. The van der Waals surface area contributed by atoms with Crippen molar-refractivity contribution in [2.45, 2.75) is 124 Å². The van der Waals surface area contributed by atoms with Crippen LogP contribution in [0, 0.1) is 28.3 Å². The minimum absolute atomic E-state index is 0.0668. The molecule has 6 heteroatoms. The summed E-state index contributed by atoms with van der Waals surface area (Å²) in [6.45, 7) is 20.7. The molecule has 0 aromatic rings. The summed E-state index contributed by atoms with van der Waals surface area (Å²) >= 11 is 0. The summed E-state index contributed by atoms with van der Waals surface area (Å²) in [6.07, 6.45) is 1.93. The van der Waals surface area contributed by atoms with Crippen LogP contribution in [-0.2, 0) is 0 Å². The predicted molar refractivity (Wildman–Crippen MR) is 132 cm³/mol. The van der Waals surface area contributed by atoms with Gasteiger partial charge in [-0.15, -0.1) is 11.1 Å². The van der Waals surface area contributed by atoms with Crippen LogP contribution in [0.4, 0.5) is 8.78 Å². The van der Waals surface area contributed by atoms with Gasteiger partial charge in [-0.2, -0.15) is 0 Å². The molecule has 0 aromatic carbocycles. The fourth-order valence-corrected chi connectivity index (χ4v) is 3.33. The first-order valence-electron chi connectivity index (χ1n) is 11.2. The SMILES string of the molecule is CCCCC(C)(C)[C@@H](O)C#C[Si](C)(C)C.CCCCC(F)(F)[C@@H](O)C#C[Si](C)(C)C. The van der Waals surface area contributed by atoms with Crippen LogP contribution < -0.4 is 0 Å². The fourth-order valence-electron chi connectivity index (χ4n) is 2.19. The predicted octanol–water partition coefficient (Wildman–Crippen LogP) is 6.50. The van der Waals surface area contributed by atoms with Crippen LogP contribution >= 0.6 is 0 Å². The van der Waals surface area contributed by atoms with Crippen molar-refractivity contribution in [3.8, 4) is 22.9 Å². The number of hydrogen-bond acceptors (Lipinski definition) is 2. The lowest BCUT2D eigenvalue weighted by molar-refractivity contribution is -0.0887. The standard InChI is InChI=1S/C13H26OSi.C11H20F2OSi/c1-7-8-10-13(2,3)12(14)9-11-15(4,5)6;1-5-6-8-11(12,13)10(14)7-9-15(2,3)4/h12,14H,7-8,10H2,1-6H3;10,14H,5-6,8H2,1-4H3/t12-;10-/m00/s1.